The van der Waals surface area contributed by atoms with Crippen molar-refractivity contribution in [3.63, 3.8) is 0 Å². The number of benzene rings is 2. The molecule has 0 saturated carbocycles. The van der Waals surface area contributed by atoms with Gasteiger partial charge >= 0.3 is 0 Å². The summed E-state index contributed by atoms with van der Waals surface area (Å²) in [5.41, 5.74) is 2.96. The highest BCUT2D eigenvalue weighted by Gasteiger charge is 2.25. The monoisotopic (exact) mass is 282 g/mol. The van der Waals surface area contributed by atoms with Gasteiger partial charge in [0, 0.05) is 5.69 Å². The average Bonchev–Trinajstić information content (AvgIpc) is 2.55. The number of fused-ring (bicyclic) bond motifs is 1. The van der Waals surface area contributed by atoms with Crippen LogP contribution in [0.4, 0.5) is 11.4 Å². The van der Waals surface area contributed by atoms with Crippen LogP contribution in [0, 0.1) is 0 Å². The van der Waals surface area contributed by atoms with E-state index in [-0.39, 0.29) is 5.91 Å². The van der Waals surface area contributed by atoms with Crippen molar-refractivity contribution in [1.82, 2.24) is 0 Å². The number of para-hydroxylation sites is 2. The first-order valence-electron chi connectivity index (χ1n) is 7.15. The predicted octanol–water partition coefficient (Wildman–Crippen LogP) is 3.06. The molecular formula is C17H18N2O2. The highest BCUT2D eigenvalue weighted by Crippen LogP contribution is 2.28. The highest BCUT2D eigenvalue weighted by atomic mass is 16.5. The molecule has 1 aliphatic rings. The molecule has 0 aromatic heterocycles. The van der Waals surface area contributed by atoms with E-state index in [1.165, 1.54) is 5.56 Å². The lowest BCUT2D eigenvalue weighted by molar-refractivity contribution is -0.122. The van der Waals surface area contributed by atoms with Crippen LogP contribution in [0.1, 0.15) is 12.5 Å². The van der Waals surface area contributed by atoms with Crippen LogP contribution in [-0.4, -0.2) is 18.6 Å². The van der Waals surface area contributed by atoms with Crippen molar-refractivity contribution in [1.29, 1.82) is 0 Å². The van der Waals surface area contributed by atoms with Crippen LogP contribution in [0.5, 0.6) is 5.75 Å². The zero-order valence-electron chi connectivity index (χ0n) is 11.9. The molecule has 1 aliphatic heterocycles. The molecule has 21 heavy (non-hydrogen) atoms. The Bertz CT molecular complexity index is 637. The van der Waals surface area contributed by atoms with Crippen molar-refractivity contribution in [3.05, 3.63) is 54.1 Å². The van der Waals surface area contributed by atoms with Crippen LogP contribution >= 0.6 is 0 Å². The number of hydrogen-bond donors (Lipinski definition) is 2. The SMILES string of the molecule is CCc1ccc(NC(=O)C2CNc3ccccc3O2)cc1. The van der Waals surface area contributed by atoms with Gasteiger partial charge in [-0.15, -0.1) is 0 Å². The Balaban J connectivity index is 1.66. The quantitative estimate of drug-likeness (QED) is 0.909. The third kappa shape index (κ3) is 2.99. The lowest BCUT2D eigenvalue weighted by atomic mass is 10.1. The normalized spacial score (nSPS) is 16.3. The fraction of sp³-hybridized carbons (Fsp3) is 0.235. The maximum Gasteiger partial charge on any atom is 0.267 e. The molecule has 0 fully saturated rings. The van der Waals surface area contributed by atoms with E-state index in [9.17, 15) is 4.79 Å². The summed E-state index contributed by atoms with van der Waals surface area (Å²) in [5.74, 6) is 0.575. The Hall–Kier alpha value is -2.49. The van der Waals surface area contributed by atoms with Gasteiger partial charge in [-0.05, 0) is 36.2 Å². The van der Waals surface area contributed by atoms with Crippen LogP contribution < -0.4 is 15.4 Å². The molecule has 3 rings (SSSR count). The Labute approximate surface area is 124 Å². The lowest BCUT2D eigenvalue weighted by Gasteiger charge is -2.26. The largest absolute Gasteiger partial charge is 0.477 e. The topological polar surface area (TPSA) is 50.4 Å². The molecule has 0 saturated heterocycles. The van der Waals surface area contributed by atoms with Crippen molar-refractivity contribution in [3.8, 4) is 5.75 Å². The maximum atomic E-state index is 12.3. The van der Waals surface area contributed by atoms with E-state index in [0.717, 1.165) is 17.8 Å². The number of aryl methyl sites for hydroxylation is 1. The molecule has 4 nitrogen and oxygen atoms in total. The molecule has 0 spiro atoms. The van der Waals surface area contributed by atoms with Gasteiger partial charge in [-0.2, -0.15) is 0 Å². The minimum absolute atomic E-state index is 0.138. The van der Waals surface area contributed by atoms with E-state index in [0.29, 0.717) is 12.3 Å². The van der Waals surface area contributed by atoms with Gasteiger partial charge in [0.05, 0.1) is 12.2 Å². The van der Waals surface area contributed by atoms with E-state index in [4.69, 9.17) is 4.74 Å². The number of amides is 1. The third-order valence-corrected chi connectivity index (χ3v) is 3.56. The molecule has 1 amide bonds. The molecule has 108 valence electrons. The second-order valence-corrected chi connectivity index (χ2v) is 5.02. The minimum atomic E-state index is -0.522. The standard InChI is InChI=1S/C17H18N2O2/c1-2-12-7-9-13(10-8-12)19-17(20)16-11-18-14-5-3-4-6-15(14)21-16/h3-10,16,18H,2,11H2,1H3,(H,19,20). The summed E-state index contributed by atoms with van der Waals surface area (Å²) in [5, 5.41) is 6.10. The van der Waals surface area contributed by atoms with E-state index in [1.807, 2.05) is 48.5 Å². The number of carbonyl (C=O) groups is 1. The number of ether oxygens (including phenoxy) is 1. The summed E-state index contributed by atoms with van der Waals surface area (Å²) >= 11 is 0. The van der Waals surface area contributed by atoms with Crippen LogP contribution in [0.3, 0.4) is 0 Å². The van der Waals surface area contributed by atoms with Crippen LogP contribution in [0.25, 0.3) is 0 Å². The summed E-state index contributed by atoms with van der Waals surface area (Å²) < 4.78 is 5.74. The molecule has 2 aromatic rings. The Kier molecular flexibility index (Phi) is 3.77. The third-order valence-electron chi connectivity index (χ3n) is 3.56. The molecule has 2 N–H and O–H groups in total. The summed E-state index contributed by atoms with van der Waals surface area (Å²) in [7, 11) is 0. The van der Waals surface area contributed by atoms with Crippen molar-refractivity contribution in [2.24, 2.45) is 0 Å². The number of rotatable bonds is 3. The molecule has 4 heteroatoms. The van der Waals surface area contributed by atoms with Crippen LogP contribution in [0.15, 0.2) is 48.5 Å². The maximum absolute atomic E-state index is 12.3. The van der Waals surface area contributed by atoms with Gasteiger partial charge in [0.2, 0.25) is 0 Å². The molecule has 0 bridgehead atoms. The minimum Gasteiger partial charge on any atom is -0.477 e. The second-order valence-electron chi connectivity index (χ2n) is 5.02. The molecule has 0 radical (unpaired) electrons. The van der Waals surface area contributed by atoms with Gasteiger partial charge in [0.1, 0.15) is 5.75 Å². The Morgan fingerprint density at radius 1 is 1.24 bits per heavy atom. The van der Waals surface area contributed by atoms with Gasteiger partial charge in [0.25, 0.3) is 5.91 Å². The van der Waals surface area contributed by atoms with E-state index < -0.39 is 6.10 Å². The molecule has 0 aliphatic carbocycles. The Morgan fingerprint density at radius 2 is 2.00 bits per heavy atom. The fourth-order valence-electron chi connectivity index (χ4n) is 2.31. The number of hydrogen-bond acceptors (Lipinski definition) is 3. The molecular weight excluding hydrogens is 264 g/mol. The first-order chi connectivity index (χ1) is 10.3. The first-order valence-corrected chi connectivity index (χ1v) is 7.15. The van der Waals surface area contributed by atoms with Crippen LogP contribution in [0.2, 0.25) is 0 Å². The van der Waals surface area contributed by atoms with E-state index >= 15 is 0 Å². The summed E-state index contributed by atoms with van der Waals surface area (Å²) in [6, 6.07) is 15.5. The van der Waals surface area contributed by atoms with Crippen LogP contribution in [-0.2, 0) is 11.2 Å². The first kappa shape index (κ1) is 13.5. The summed E-state index contributed by atoms with van der Waals surface area (Å²) in [6.45, 7) is 2.57. The van der Waals surface area contributed by atoms with Crippen molar-refractivity contribution in [2.45, 2.75) is 19.4 Å². The zero-order valence-corrected chi connectivity index (χ0v) is 11.9. The lowest BCUT2D eigenvalue weighted by Crippen LogP contribution is -2.41. The molecule has 1 unspecified atom stereocenters. The van der Waals surface area contributed by atoms with Gasteiger partial charge in [-0.3, -0.25) is 4.79 Å². The number of carbonyl (C=O) groups excluding carboxylic acids is 1. The highest BCUT2D eigenvalue weighted by molar-refractivity contribution is 5.95. The van der Waals surface area contributed by atoms with Gasteiger partial charge in [-0.25, -0.2) is 0 Å². The molecule has 2 aromatic carbocycles. The fourth-order valence-corrected chi connectivity index (χ4v) is 2.31. The summed E-state index contributed by atoms with van der Waals surface area (Å²) in [4.78, 5) is 12.3. The summed E-state index contributed by atoms with van der Waals surface area (Å²) in [6.07, 6.45) is 0.464. The zero-order chi connectivity index (χ0) is 14.7. The average molecular weight is 282 g/mol. The van der Waals surface area contributed by atoms with Crippen molar-refractivity contribution >= 4 is 17.3 Å². The number of anilines is 2. The van der Waals surface area contributed by atoms with E-state index in [1.54, 1.807) is 0 Å². The number of nitrogens with one attached hydrogen (secondary N) is 2. The Morgan fingerprint density at radius 3 is 2.76 bits per heavy atom. The van der Waals surface area contributed by atoms with E-state index in [2.05, 4.69) is 17.6 Å². The van der Waals surface area contributed by atoms with Gasteiger partial charge in [0.15, 0.2) is 6.10 Å². The second kappa shape index (κ2) is 5.87. The molecule has 1 heterocycles. The smallest absolute Gasteiger partial charge is 0.267 e. The van der Waals surface area contributed by atoms with Crippen molar-refractivity contribution in [2.75, 3.05) is 17.2 Å². The van der Waals surface area contributed by atoms with Gasteiger partial charge < -0.3 is 15.4 Å². The van der Waals surface area contributed by atoms with Crippen molar-refractivity contribution < 1.29 is 9.53 Å². The predicted molar refractivity (Wildman–Crippen MR) is 83.8 cm³/mol. The van der Waals surface area contributed by atoms with Gasteiger partial charge in [-0.1, -0.05) is 31.2 Å². The molecule has 1 atom stereocenters.